The van der Waals surface area contributed by atoms with Crippen molar-refractivity contribution >= 4 is 21.8 Å². The van der Waals surface area contributed by atoms with Crippen LogP contribution in [0, 0.1) is 5.41 Å². The number of hydrogen-bond acceptors (Lipinski definition) is 1. The molecule has 1 saturated carbocycles. The van der Waals surface area contributed by atoms with Crippen LogP contribution in [0.2, 0.25) is 0 Å². The average Bonchev–Trinajstić information content (AvgIpc) is 2.42. The Morgan fingerprint density at radius 1 is 1.57 bits per heavy atom. The van der Waals surface area contributed by atoms with Gasteiger partial charge in [0.15, 0.2) is 0 Å². The molecule has 1 aliphatic carbocycles. The van der Waals surface area contributed by atoms with E-state index in [0.29, 0.717) is 11.3 Å². The first kappa shape index (κ1) is 10.5. The summed E-state index contributed by atoms with van der Waals surface area (Å²) < 4.78 is 0. The first-order valence-electron chi connectivity index (χ1n) is 5.60. The molecule has 1 atom stereocenters. The van der Waals surface area contributed by atoms with E-state index in [-0.39, 0.29) is 4.83 Å². The van der Waals surface area contributed by atoms with Crippen molar-refractivity contribution in [1.29, 1.82) is 0 Å². The van der Waals surface area contributed by atoms with Gasteiger partial charge in [-0.2, -0.15) is 0 Å². The Morgan fingerprint density at radius 2 is 2.29 bits per heavy atom. The van der Waals surface area contributed by atoms with Crippen LogP contribution in [0.1, 0.15) is 39.0 Å². The van der Waals surface area contributed by atoms with E-state index < -0.39 is 0 Å². The van der Waals surface area contributed by atoms with Gasteiger partial charge in [0.25, 0.3) is 0 Å². The predicted molar refractivity (Wildman–Crippen MR) is 60.5 cm³/mol. The summed E-state index contributed by atoms with van der Waals surface area (Å²) in [6.45, 7) is 4.21. The van der Waals surface area contributed by atoms with E-state index in [1.54, 1.807) is 0 Å². The highest BCUT2D eigenvalue weighted by Crippen LogP contribution is 2.45. The molecule has 2 nitrogen and oxygen atoms in total. The maximum Gasteiger partial charge on any atom is 0.236 e. The topological polar surface area (TPSA) is 20.3 Å². The number of halogens is 1. The summed E-state index contributed by atoms with van der Waals surface area (Å²) >= 11 is 3.42. The monoisotopic (exact) mass is 259 g/mol. The molecule has 0 aromatic rings. The van der Waals surface area contributed by atoms with Crippen LogP contribution in [-0.2, 0) is 4.79 Å². The molecule has 0 radical (unpaired) electrons. The van der Waals surface area contributed by atoms with Gasteiger partial charge < -0.3 is 4.90 Å². The second kappa shape index (κ2) is 3.84. The maximum absolute atomic E-state index is 11.7. The van der Waals surface area contributed by atoms with Crippen LogP contribution in [0.15, 0.2) is 0 Å². The van der Waals surface area contributed by atoms with E-state index in [0.717, 1.165) is 19.5 Å². The van der Waals surface area contributed by atoms with Gasteiger partial charge in [-0.15, -0.1) is 0 Å². The van der Waals surface area contributed by atoms with Crippen molar-refractivity contribution in [1.82, 2.24) is 4.90 Å². The Morgan fingerprint density at radius 3 is 2.64 bits per heavy atom. The number of nitrogens with zero attached hydrogens (tertiary/aromatic N) is 1. The third-order valence-corrected chi connectivity index (χ3v) is 4.77. The fourth-order valence-electron chi connectivity index (χ4n) is 2.56. The van der Waals surface area contributed by atoms with Crippen LogP contribution in [-0.4, -0.2) is 28.7 Å². The minimum absolute atomic E-state index is 0.0940. The molecule has 1 unspecified atom stereocenters. The highest BCUT2D eigenvalue weighted by atomic mass is 79.9. The molecular formula is C11H18BrNO. The van der Waals surface area contributed by atoms with Crippen molar-refractivity contribution < 1.29 is 4.79 Å². The summed E-state index contributed by atoms with van der Waals surface area (Å²) in [6, 6.07) is 0. The van der Waals surface area contributed by atoms with Gasteiger partial charge in [-0.1, -0.05) is 29.3 Å². The number of carbonyl (C=O) groups excluding carboxylic acids is 1. The first-order chi connectivity index (χ1) is 6.67. The Labute approximate surface area is 94.2 Å². The van der Waals surface area contributed by atoms with E-state index in [4.69, 9.17) is 0 Å². The molecular weight excluding hydrogens is 242 g/mol. The molecule has 0 aromatic heterocycles. The van der Waals surface area contributed by atoms with Gasteiger partial charge in [-0.25, -0.2) is 0 Å². The molecule has 1 heterocycles. The summed E-state index contributed by atoms with van der Waals surface area (Å²) in [5, 5.41) is 0. The molecule has 1 amide bonds. The van der Waals surface area contributed by atoms with Crippen molar-refractivity contribution in [2.24, 2.45) is 5.41 Å². The van der Waals surface area contributed by atoms with E-state index in [1.807, 2.05) is 0 Å². The average molecular weight is 260 g/mol. The molecule has 1 aliphatic heterocycles. The number of rotatable bonds is 3. The Bertz CT molecular complexity index is 232. The van der Waals surface area contributed by atoms with E-state index in [1.165, 1.54) is 25.7 Å². The number of hydrogen-bond donors (Lipinski definition) is 0. The Balaban J connectivity index is 1.94. The van der Waals surface area contributed by atoms with Gasteiger partial charge in [0, 0.05) is 13.1 Å². The van der Waals surface area contributed by atoms with Crippen LogP contribution in [0.4, 0.5) is 0 Å². The standard InChI is InChI=1S/C11H18BrNO/c1-2-11(5-3-6-11)8-13-7-4-9(12)10(13)14/h9H,2-8H2,1H3. The lowest BCUT2D eigenvalue weighted by atomic mass is 9.67. The highest BCUT2D eigenvalue weighted by molar-refractivity contribution is 9.10. The molecule has 0 spiro atoms. The van der Waals surface area contributed by atoms with Crippen LogP contribution < -0.4 is 0 Å². The molecule has 14 heavy (non-hydrogen) atoms. The third-order valence-electron chi connectivity index (χ3n) is 3.92. The third kappa shape index (κ3) is 1.71. The lowest BCUT2D eigenvalue weighted by Crippen LogP contribution is -2.43. The highest BCUT2D eigenvalue weighted by Gasteiger charge is 2.40. The molecule has 3 heteroatoms. The number of amides is 1. The summed E-state index contributed by atoms with van der Waals surface area (Å²) in [4.78, 5) is 13.9. The zero-order valence-electron chi connectivity index (χ0n) is 8.76. The summed E-state index contributed by atoms with van der Waals surface area (Å²) in [5.41, 5.74) is 0.479. The molecule has 80 valence electrons. The lowest BCUT2D eigenvalue weighted by molar-refractivity contribution is -0.129. The van der Waals surface area contributed by atoms with Gasteiger partial charge in [0.05, 0.1) is 4.83 Å². The van der Waals surface area contributed by atoms with Crippen molar-refractivity contribution in [3.63, 3.8) is 0 Å². The first-order valence-corrected chi connectivity index (χ1v) is 6.51. The minimum atomic E-state index is 0.0940. The van der Waals surface area contributed by atoms with Crippen molar-refractivity contribution in [2.45, 2.75) is 43.9 Å². The van der Waals surface area contributed by atoms with E-state index in [9.17, 15) is 4.79 Å². The Hall–Kier alpha value is -0.0500. The van der Waals surface area contributed by atoms with Crippen molar-refractivity contribution in [3.05, 3.63) is 0 Å². The van der Waals surface area contributed by atoms with E-state index in [2.05, 4.69) is 27.8 Å². The van der Waals surface area contributed by atoms with Gasteiger partial charge in [0.1, 0.15) is 0 Å². The molecule has 0 N–H and O–H groups in total. The number of alkyl halides is 1. The molecule has 0 bridgehead atoms. The fraction of sp³-hybridized carbons (Fsp3) is 0.909. The summed E-state index contributed by atoms with van der Waals surface area (Å²) in [7, 11) is 0. The maximum atomic E-state index is 11.7. The zero-order valence-corrected chi connectivity index (χ0v) is 10.3. The SMILES string of the molecule is CCC1(CN2CCC(Br)C2=O)CCC1. The summed E-state index contributed by atoms with van der Waals surface area (Å²) in [6.07, 6.45) is 6.20. The smallest absolute Gasteiger partial charge is 0.236 e. The zero-order chi connectivity index (χ0) is 10.2. The van der Waals surface area contributed by atoms with Crippen LogP contribution in [0.3, 0.4) is 0 Å². The number of likely N-dealkylation sites (tertiary alicyclic amines) is 1. The predicted octanol–water partition coefficient (Wildman–Crippen LogP) is 2.56. The molecule has 2 rings (SSSR count). The number of carbonyl (C=O) groups is 1. The van der Waals surface area contributed by atoms with Crippen molar-refractivity contribution in [2.75, 3.05) is 13.1 Å². The largest absolute Gasteiger partial charge is 0.341 e. The van der Waals surface area contributed by atoms with Crippen molar-refractivity contribution in [3.8, 4) is 0 Å². The van der Waals surface area contributed by atoms with Crippen LogP contribution in [0.5, 0.6) is 0 Å². The molecule has 2 fully saturated rings. The quantitative estimate of drug-likeness (QED) is 0.714. The lowest BCUT2D eigenvalue weighted by Gasteiger charge is -2.43. The van der Waals surface area contributed by atoms with Crippen LogP contribution >= 0.6 is 15.9 Å². The molecule has 0 aromatic carbocycles. The normalized spacial score (nSPS) is 30.6. The van der Waals surface area contributed by atoms with Gasteiger partial charge in [-0.3, -0.25) is 4.79 Å². The Kier molecular flexibility index (Phi) is 2.87. The second-order valence-corrected chi connectivity index (χ2v) is 5.83. The minimum Gasteiger partial charge on any atom is -0.341 e. The van der Waals surface area contributed by atoms with Gasteiger partial charge >= 0.3 is 0 Å². The fourth-order valence-corrected chi connectivity index (χ4v) is 3.06. The van der Waals surface area contributed by atoms with Gasteiger partial charge in [0.2, 0.25) is 5.91 Å². The van der Waals surface area contributed by atoms with E-state index >= 15 is 0 Å². The van der Waals surface area contributed by atoms with Gasteiger partial charge in [-0.05, 0) is 31.1 Å². The second-order valence-electron chi connectivity index (χ2n) is 4.72. The summed E-state index contributed by atoms with van der Waals surface area (Å²) in [5.74, 6) is 0.310. The molecule has 2 aliphatic rings. The molecule has 1 saturated heterocycles. The van der Waals surface area contributed by atoms with Crippen LogP contribution in [0.25, 0.3) is 0 Å².